The van der Waals surface area contributed by atoms with E-state index in [0.29, 0.717) is 5.92 Å². The molecule has 0 spiro atoms. The monoisotopic (exact) mass is 262 g/mol. The lowest BCUT2D eigenvalue weighted by Crippen LogP contribution is -2.39. The SMILES string of the molecule is CNCC1CCCN(c2nc3ccc(F)cc3[nH]2)C1. The van der Waals surface area contributed by atoms with Crippen LogP contribution >= 0.6 is 0 Å². The number of hydrogen-bond donors (Lipinski definition) is 2. The van der Waals surface area contributed by atoms with E-state index >= 15 is 0 Å². The molecule has 0 aliphatic carbocycles. The summed E-state index contributed by atoms with van der Waals surface area (Å²) in [5, 5.41) is 3.24. The second-order valence-electron chi connectivity index (χ2n) is 5.23. The summed E-state index contributed by atoms with van der Waals surface area (Å²) < 4.78 is 13.2. The van der Waals surface area contributed by atoms with E-state index in [1.807, 2.05) is 7.05 Å². The molecule has 2 N–H and O–H groups in total. The second kappa shape index (κ2) is 5.17. The number of aromatic nitrogens is 2. The normalized spacial score (nSPS) is 20.1. The first kappa shape index (κ1) is 12.4. The van der Waals surface area contributed by atoms with Crippen LogP contribution in [0.25, 0.3) is 11.0 Å². The number of benzene rings is 1. The van der Waals surface area contributed by atoms with E-state index in [1.165, 1.54) is 25.0 Å². The van der Waals surface area contributed by atoms with Crippen molar-refractivity contribution >= 4 is 17.0 Å². The number of imidazole rings is 1. The average Bonchev–Trinajstić information content (AvgIpc) is 2.82. The maximum absolute atomic E-state index is 13.2. The summed E-state index contributed by atoms with van der Waals surface area (Å²) in [7, 11) is 1.99. The number of fused-ring (bicyclic) bond motifs is 1. The Bertz CT molecular complexity index is 564. The topological polar surface area (TPSA) is 44.0 Å². The molecule has 19 heavy (non-hydrogen) atoms. The summed E-state index contributed by atoms with van der Waals surface area (Å²) in [6, 6.07) is 4.67. The zero-order valence-corrected chi connectivity index (χ0v) is 11.1. The van der Waals surface area contributed by atoms with Crippen LogP contribution in [0, 0.1) is 11.7 Å². The van der Waals surface area contributed by atoms with Crippen LogP contribution in [0.1, 0.15) is 12.8 Å². The smallest absolute Gasteiger partial charge is 0.203 e. The van der Waals surface area contributed by atoms with Crippen molar-refractivity contribution < 1.29 is 4.39 Å². The third-order valence-electron chi connectivity index (χ3n) is 3.74. The molecule has 1 aliphatic heterocycles. The van der Waals surface area contributed by atoms with Gasteiger partial charge in [0.1, 0.15) is 5.82 Å². The summed E-state index contributed by atoms with van der Waals surface area (Å²) in [5.74, 6) is 1.29. The summed E-state index contributed by atoms with van der Waals surface area (Å²) in [6.45, 7) is 3.05. The van der Waals surface area contributed by atoms with Crippen LogP contribution in [0.2, 0.25) is 0 Å². The van der Waals surface area contributed by atoms with Gasteiger partial charge in [-0.2, -0.15) is 0 Å². The molecule has 1 aromatic heterocycles. The van der Waals surface area contributed by atoms with Crippen molar-refractivity contribution in [3.8, 4) is 0 Å². The van der Waals surface area contributed by atoms with Gasteiger partial charge in [0.05, 0.1) is 11.0 Å². The molecule has 2 heterocycles. The van der Waals surface area contributed by atoms with Crippen LogP contribution in [-0.4, -0.2) is 36.6 Å². The van der Waals surface area contributed by atoms with E-state index < -0.39 is 0 Å². The highest BCUT2D eigenvalue weighted by atomic mass is 19.1. The Morgan fingerprint density at radius 2 is 2.42 bits per heavy atom. The van der Waals surface area contributed by atoms with Crippen molar-refractivity contribution in [3.05, 3.63) is 24.0 Å². The molecule has 5 heteroatoms. The lowest BCUT2D eigenvalue weighted by Gasteiger charge is -2.32. The van der Waals surface area contributed by atoms with E-state index in [-0.39, 0.29) is 5.82 Å². The number of aromatic amines is 1. The highest BCUT2D eigenvalue weighted by Crippen LogP contribution is 2.23. The lowest BCUT2D eigenvalue weighted by atomic mass is 9.98. The molecule has 1 atom stereocenters. The largest absolute Gasteiger partial charge is 0.342 e. The highest BCUT2D eigenvalue weighted by molar-refractivity contribution is 5.77. The second-order valence-corrected chi connectivity index (χ2v) is 5.23. The number of hydrogen-bond acceptors (Lipinski definition) is 3. The highest BCUT2D eigenvalue weighted by Gasteiger charge is 2.21. The predicted octanol–water partition coefficient (Wildman–Crippen LogP) is 2.14. The minimum atomic E-state index is -0.227. The fraction of sp³-hybridized carbons (Fsp3) is 0.500. The molecule has 1 aromatic carbocycles. The summed E-state index contributed by atoms with van der Waals surface area (Å²) >= 11 is 0. The molecule has 2 aromatic rings. The van der Waals surface area contributed by atoms with Crippen molar-refractivity contribution in [2.45, 2.75) is 12.8 Å². The number of H-pyrrole nitrogens is 1. The fourth-order valence-electron chi connectivity index (χ4n) is 2.83. The Morgan fingerprint density at radius 1 is 1.53 bits per heavy atom. The van der Waals surface area contributed by atoms with Crippen molar-refractivity contribution in [2.75, 3.05) is 31.6 Å². The third-order valence-corrected chi connectivity index (χ3v) is 3.74. The van der Waals surface area contributed by atoms with E-state index in [0.717, 1.165) is 36.6 Å². The Hall–Kier alpha value is -1.62. The summed E-state index contributed by atoms with van der Waals surface area (Å²) in [4.78, 5) is 10.0. The first-order valence-corrected chi connectivity index (χ1v) is 6.81. The van der Waals surface area contributed by atoms with Gasteiger partial charge in [-0.05, 0) is 50.6 Å². The minimum absolute atomic E-state index is 0.227. The van der Waals surface area contributed by atoms with Crippen LogP contribution in [0.5, 0.6) is 0 Å². The number of rotatable bonds is 3. The van der Waals surface area contributed by atoms with Crippen molar-refractivity contribution in [2.24, 2.45) is 5.92 Å². The van der Waals surface area contributed by atoms with Crippen LogP contribution in [0.4, 0.5) is 10.3 Å². The van der Waals surface area contributed by atoms with Gasteiger partial charge < -0.3 is 15.2 Å². The van der Waals surface area contributed by atoms with E-state index in [2.05, 4.69) is 20.2 Å². The van der Waals surface area contributed by atoms with Gasteiger partial charge in [0.15, 0.2) is 0 Å². The first-order valence-electron chi connectivity index (χ1n) is 6.81. The Labute approximate surface area is 112 Å². The quantitative estimate of drug-likeness (QED) is 0.890. The Morgan fingerprint density at radius 3 is 3.26 bits per heavy atom. The number of nitrogens with zero attached hydrogens (tertiary/aromatic N) is 2. The molecule has 3 rings (SSSR count). The van der Waals surface area contributed by atoms with Gasteiger partial charge >= 0.3 is 0 Å². The first-order chi connectivity index (χ1) is 9.26. The third kappa shape index (κ3) is 2.56. The lowest BCUT2D eigenvalue weighted by molar-refractivity contribution is 0.400. The van der Waals surface area contributed by atoms with Gasteiger partial charge in [0.2, 0.25) is 5.95 Å². The van der Waals surface area contributed by atoms with Crippen molar-refractivity contribution in [1.82, 2.24) is 15.3 Å². The minimum Gasteiger partial charge on any atom is -0.342 e. The van der Waals surface area contributed by atoms with Crippen LogP contribution in [-0.2, 0) is 0 Å². The number of nitrogens with one attached hydrogen (secondary N) is 2. The molecule has 0 radical (unpaired) electrons. The van der Waals surface area contributed by atoms with Crippen molar-refractivity contribution in [3.63, 3.8) is 0 Å². The van der Waals surface area contributed by atoms with Gasteiger partial charge in [-0.15, -0.1) is 0 Å². The molecule has 102 valence electrons. The number of anilines is 1. The van der Waals surface area contributed by atoms with Gasteiger partial charge in [-0.3, -0.25) is 0 Å². The molecule has 4 nitrogen and oxygen atoms in total. The van der Waals surface area contributed by atoms with Crippen LogP contribution < -0.4 is 10.2 Å². The van der Waals surface area contributed by atoms with Gasteiger partial charge in [-0.25, -0.2) is 9.37 Å². The number of piperidine rings is 1. The zero-order valence-electron chi connectivity index (χ0n) is 11.1. The molecule has 1 fully saturated rings. The van der Waals surface area contributed by atoms with Gasteiger partial charge in [-0.1, -0.05) is 0 Å². The average molecular weight is 262 g/mol. The maximum Gasteiger partial charge on any atom is 0.203 e. The summed E-state index contributed by atoms with van der Waals surface area (Å²) in [5.41, 5.74) is 1.60. The van der Waals surface area contributed by atoms with Gasteiger partial charge in [0.25, 0.3) is 0 Å². The standard InChI is InChI=1S/C14H19FN4/c1-16-8-10-3-2-6-19(9-10)14-17-12-5-4-11(15)7-13(12)18-14/h4-5,7,10,16H,2-3,6,8-9H2,1H3,(H,17,18). The summed E-state index contributed by atoms with van der Waals surface area (Å²) in [6.07, 6.45) is 2.43. The Kier molecular flexibility index (Phi) is 3.38. The Balaban J connectivity index is 1.83. The molecule has 1 unspecified atom stereocenters. The molecule has 0 bridgehead atoms. The molecule has 1 aliphatic rings. The van der Waals surface area contributed by atoms with E-state index in [4.69, 9.17) is 0 Å². The fourth-order valence-corrected chi connectivity index (χ4v) is 2.83. The van der Waals surface area contributed by atoms with E-state index in [9.17, 15) is 4.39 Å². The molecule has 1 saturated heterocycles. The number of halogens is 1. The van der Waals surface area contributed by atoms with Crippen LogP contribution in [0.15, 0.2) is 18.2 Å². The molecule has 0 saturated carbocycles. The van der Waals surface area contributed by atoms with Gasteiger partial charge in [0, 0.05) is 13.1 Å². The zero-order chi connectivity index (χ0) is 13.2. The maximum atomic E-state index is 13.2. The van der Waals surface area contributed by atoms with E-state index in [1.54, 1.807) is 6.07 Å². The predicted molar refractivity (Wildman–Crippen MR) is 74.9 cm³/mol. The van der Waals surface area contributed by atoms with Crippen molar-refractivity contribution in [1.29, 1.82) is 0 Å². The van der Waals surface area contributed by atoms with Crippen LogP contribution in [0.3, 0.4) is 0 Å². The molecule has 0 amide bonds. The molecular formula is C14H19FN4. The molecular weight excluding hydrogens is 243 g/mol.